The van der Waals surface area contributed by atoms with Crippen LogP contribution in [0.25, 0.3) is 0 Å². The Hall–Kier alpha value is -2.15. The van der Waals surface area contributed by atoms with E-state index in [4.69, 9.17) is 5.26 Å². The van der Waals surface area contributed by atoms with E-state index in [1.807, 2.05) is 29.2 Å². The van der Waals surface area contributed by atoms with Gasteiger partial charge >= 0.3 is 0 Å². The molecule has 2 aromatic heterocycles. The maximum absolute atomic E-state index is 8.96. The van der Waals surface area contributed by atoms with Gasteiger partial charge in [-0.15, -0.1) is 0 Å². The fourth-order valence-corrected chi connectivity index (χ4v) is 1.84. The van der Waals surface area contributed by atoms with E-state index < -0.39 is 0 Å². The summed E-state index contributed by atoms with van der Waals surface area (Å²) < 4.78 is 1.86. The number of hydrogen-bond acceptors (Lipinski definition) is 3. The highest BCUT2D eigenvalue weighted by Crippen LogP contribution is 2.22. The van der Waals surface area contributed by atoms with Crippen LogP contribution in [0, 0.1) is 11.3 Å². The lowest BCUT2D eigenvalue weighted by Gasteiger charge is -2.14. The van der Waals surface area contributed by atoms with Crippen LogP contribution in [0.2, 0.25) is 0 Å². The first-order valence-corrected chi connectivity index (χ1v) is 6.03. The lowest BCUT2D eigenvalue weighted by Crippen LogP contribution is -2.10. The van der Waals surface area contributed by atoms with Gasteiger partial charge in [-0.1, -0.05) is 19.9 Å². The first-order valence-electron chi connectivity index (χ1n) is 6.03. The third kappa shape index (κ3) is 2.57. The molecule has 2 aromatic rings. The van der Waals surface area contributed by atoms with Crippen molar-refractivity contribution in [3.63, 3.8) is 0 Å². The third-order valence-corrected chi connectivity index (χ3v) is 2.96. The summed E-state index contributed by atoms with van der Waals surface area (Å²) in [5.41, 5.74) is 2.19. The molecular formula is C14H16N4. The summed E-state index contributed by atoms with van der Waals surface area (Å²) in [7, 11) is 0. The predicted molar refractivity (Wildman–Crippen MR) is 68.9 cm³/mol. The first-order chi connectivity index (χ1) is 8.72. The van der Waals surface area contributed by atoms with Crippen LogP contribution in [0.1, 0.15) is 43.4 Å². The molecule has 4 nitrogen and oxygen atoms in total. The van der Waals surface area contributed by atoms with Crippen molar-refractivity contribution >= 4 is 0 Å². The van der Waals surface area contributed by atoms with Gasteiger partial charge in [0.2, 0.25) is 0 Å². The van der Waals surface area contributed by atoms with Crippen LogP contribution >= 0.6 is 0 Å². The van der Waals surface area contributed by atoms with E-state index in [2.05, 4.69) is 30.0 Å². The standard InChI is InChI=1S/C14H16N4/c1-11(2)13-9-17-18(10-13)14(5-6-15)12-4-3-7-16-8-12/h3-4,7-11,14H,5H2,1-2H3. The van der Waals surface area contributed by atoms with Gasteiger partial charge in [-0.3, -0.25) is 9.67 Å². The summed E-state index contributed by atoms with van der Waals surface area (Å²) in [5, 5.41) is 13.3. The molecule has 0 bridgehead atoms. The fourth-order valence-electron chi connectivity index (χ4n) is 1.84. The molecule has 0 saturated heterocycles. The first kappa shape index (κ1) is 12.3. The molecule has 0 aliphatic heterocycles. The SMILES string of the molecule is CC(C)c1cnn(C(CC#N)c2cccnc2)c1. The molecule has 0 fully saturated rings. The van der Waals surface area contributed by atoms with E-state index in [1.54, 1.807) is 12.4 Å². The molecule has 4 heteroatoms. The van der Waals surface area contributed by atoms with E-state index in [9.17, 15) is 0 Å². The Morgan fingerprint density at radius 2 is 2.17 bits per heavy atom. The summed E-state index contributed by atoms with van der Waals surface area (Å²) in [6, 6.07) is 6.01. The molecular weight excluding hydrogens is 224 g/mol. The van der Waals surface area contributed by atoms with Crippen LogP contribution in [0.4, 0.5) is 0 Å². The number of aromatic nitrogens is 3. The number of nitrogens with zero attached hydrogens (tertiary/aromatic N) is 4. The van der Waals surface area contributed by atoms with Crippen LogP contribution in [0.15, 0.2) is 36.9 Å². The lowest BCUT2D eigenvalue weighted by atomic mass is 10.1. The van der Waals surface area contributed by atoms with Crippen molar-refractivity contribution in [2.45, 2.75) is 32.2 Å². The highest BCUT2D eigenvalue weighted by molar-refractivity contribution is 5.18. The zero-order chi connectivity index (χ0) is 13.0. The molecule has 1 unspecified atom stereocenters. The fraction of sp³-hybridized carbons (Fsp3) is 0.357. The maximum Gasteiger partial charge on any atom is 0.0913 e. The second-order valence-corrected chi connectivity index (χ2v) is 4.57. The van der Waals surface area contributed by atoms with Gasteiger partial charge in [-0.2, -0.15) is 10.4 Å². The van der Waals surface area contributed by atoms with E-state index >= 15 is 0 Å². The smallest absolute Gasteiger partial charge is 0.0913 e. The van der Waals surface area contributed by atoms with E-state index in [0.717, 1.165) is 5.56 Å². The van der Waals surface area contributed by atoms with Gasteiger partial charge in [-0.05, 0) is 23.1 Å². The zero-order valence-corrected chi connectivity index (χ0v) is 10.6. The van der Waals surface area contributed by atoms with E-state index in [0.29, 0.717) is 12.3 Å². The Balaban J connectivity index is 2.33. The normalized spacial score (nSPS) is 12.3. The molecule has 1 atom stereocenters. The van der Waals surface area contributed by atoms with Gasteiger partial charge in [0, 0.05) is 18.6 Å². The number of rotatable bonds is 4. The monoisotopic (exact) mass is 240 g/mol. The minimum atomic E-state index is -0.0591. The Bertz CT molecular complexity index is 536. The molecule has 0 amide bonds. The van der Waals surface area contributed by atoms with Gasteiger partial charge in [0.05, 0.1) is 24.7 Å². The average Bonchev–Trinajstić information content (AvgIpc) is 2.86. The van der Waals surface area contributed by atoms with Gasteiger partial charge in [0.25, 0.3) is 0 Å². The summed E-state index contributed by atoms with van der Waals surface area (Å²) in [5.74, 6) is 0.440. The van der Waals surface area contributed by atoms with Crippen LogP contribution in [-0.2, 0) is 0 Å². The summed E-state index contributed by atoms with van der Waals surface area (Å²) in [4.78, 5) is 4.10. The molecule has 0 N–H and O–H groups in total. The Morgan fingerprint density at radius 1 is 1.33 bits per heavy atom. The third-order valence-electron chi connectivity index (χ3n) is 2.96. The number of nitriles is 1. The maximum atomic E-state index is 8.96. The second kappa shape index (κ2) is 5.46. The second-order valence-electron chi connectivity index (χ2n) is 4.57. The summed E-state index contributed by atoms with van der Waals surface area (Å²) in [6.45, 7) is 4.26. The Kier molecular flexibility index (Phi) is 3.73. The van der Waals surface area contributed by atoms with Crippen LogP contribution in [-0.4, -0.2) is 14.8 Å². The van der Waals surface area contributed by atoms with Crippen molar-refractivity contribution in [2.24, 2.45) is 0 Å². The molecule has 0 radical (unpaired) electrons. The molecule has 0 saturated carbocycles. The molecule has 18 heavy (non-hydrogen) atoms. The molecule has 2 heterocycles. The Morgan fingerprint density at radius 3 is 2.72 bits per heavy atom. The van der Waals surface area contributed by atoms with Crippen LogP contribution < -0.4 is 0 Å². The van der Waals surface area contributed by atoms with Crippen molar-refractivity contribution in [2.75, 3.05) is 0 Å². The van der Waals surface area contributed by atoms with Gasteiger partial charge < -0.3 is 0 Å². The van der Waals surface area contributed by atoms with Gasteiger partial charge in [-0.25, -0.2) is 0 Å². The predicted octanol–water partition coefficient (Wildman–Crippen LogP) is 2.90. The van der Waals surface area contributed by atoms with Gasteiger partial charge in [0.1, 0.15) is 0 Å². The number of hydrogen-bond donors (Lipinski definition) is 0. The van der Waals surface area contributed by atoms with E-state index in [-0.39, 0.29) is 6.04 Å². The molecule has 0 spiro atoms. The summed E-state index contributed by atoms with van der Waals surface area (Å²) in [6.07, 6.45) is 7.80. The molecule has 92 valence electrons. The largest absolute Gasteiger partial charge is 0.264 e. The molecule has 2 rings (SSSR count). The lowest BCUT2D eigenvalue weighted by molar-refractivity contribution is 0.530. The highest BCUT2D eigenvalue weighted by Gasteiger charge is 2.15. The number of pyridine rings is 1. The zero-order valence-electron chi connectivity index (χ0n) is 10.6. The molecule has 0 aliphatic carbocycles. The van der Waals surface area contributed by atoms with Crippen LogP contribution in [0.3, 0.4) is 0 Å². The van der Waals surface area contributed by atoms with Crippen LogP contribution in [0.5, 0.6) is 0 Å². The van der Waals surface area contributed by atoms with Gasteiger partial charge in [0.15, 0.2) is 0 Å². The molecule has 0 aliphatic rings. The highest BCUT2D eigenvalue weighted by atomic mass is 15.3. The minimum Gasteiger partial charge on any atom is -0.264 e. The van der Waals surface area contributed by atoms with Crippen molar-refractivity contribution < 1.29 is 0 Å². The minimum absolute atomic E-state index is 0.0591. The van der Waals surface area contributed by atoms with E-state index in [1.165, 1.54) is 5.56 Å². The van der Waals surface area contributed by atoms with Crippen molar-refractivity contribution in [1.82, 2.24) is 14.8 Å². The van der Waals surface area contributed by atoms with Crippen molar-refractivity contribution in [1.29, 1.82) is 5.26 Å². The van der Waals surface area contributed by atoms with Crippen molar-refractivity contribution in [3.05, 3.63) is 48.0 Å². The topological polar surface area (TPSA) is 54.5 Å². The molecule has 0 aromatic carbocycles. The van der Waals surface area contributed by atoms with Crippen molar-refractivity contribution in [3.8, 4) is 6.07 Å². The quantitative estimate of drug-likeness (QED) is 0.825. The Labute approximate surface area is 107 Å². The average molecular weight is 240 g/mol. The summed E-state index contributed by atoms with van der Waals surface area (Å²) >= 11 is 0.